The van der Waals surface area contributed by atoms with E-state index in [0.717, 1.165) is 34.3 Å². The van der Waals surface area contributed by atoms with Gasteiger partial charge in [0, 0.05) is 29.7 Å². The second-order valence-corrected chi connectivity index (χ2v) is 5.95. The molecule has 0 saturated heterocycles. The Morgan fingerprint density at radius 2 is 2.29 bits per heavy atom. The third-order valence-electron chi connectivity index (χ3n) is 3.18. The second kappa shape index (κ2) is 7.80. The Kier molecular flexibility index (Phi) is 6.06. The van der Waals surface area contributed by atoms with E-state index in [1.165, 1.54) is 0 Å². The van der Waals surface area contributed by atoms with Gasteiger partial charge in [0.1, 0.15) is 5.82 Å². The van der Waals surface area contributed by atoms with Gasteiger partial charge >= 0.3 is 5.97 Å². The Morgan fingerprint density at radius 1 is 1.48 bits per heavy atom. The largest absolute Gasteiger partial charge is 0.466 e. The molecule has 0 amide bonds. The lowest BCUT2D eigenvalue weighted by Gasteiger charge is -2.08. The molecule has 21 heavy (non-hydrogen) atoms. The van der Waals surface area contributed by atoms with Crippen molar-refractivity contribution in [3.05, 3.63) is 28.5 Å². The first kappa shape index (κ1) is 16.3. The molecule has 1 heterocycles. The maximum Gasteiger partial charge on any atom is 0.305 e. The summed E-state index contributed by atoms with van der Waals surface area (Å²) < 4.78 is 8.11. The lowest BCUT2D eigenvalue weighted by molar-refractivity contribution is -0.143. The van der Waals surface area contributed by atoms with Gasteiger partial charge in [-0.05, 0) is 31.5 Å². The summed E-state index contributed by atoms with van der Waals surface area (Å²) in [5.41, 5.74) is 2.02. The molecule has 6 heteroatoms. The van der Waals surface area contributed by atoms with Crippen LogP contribution in [0.1, 0.15) is 25.6 Å². The molecule has 0 fully saturated rings. The van der Waals surface area contributed by atoms with Gasteiger partial charge in [-0.25, -0.2) is 4.98 Å². The van der Waals surface area contributed by atoms with Crippen LogP contribution in [-0.2, 0) is 22.5 Å². The number of hydrogen-bond donors (Lipinski definition) is 0. The monoisotopic (exact) mass is 372 g/mol. The van der Waals surface area contributed by atoms with Gasteiger partial charge in [-0.3, -0.25) is 4.79 Å². The van der Waals surface area contributed by atoms with Gasteiger partial charge in [-0.15, -0.1) is 11.6 Å². The Labute approximate surface area is 137 Å². The second-order valence-electron chi connectivity index (χ2n) is 4.66. The zero-order valence-electron chi connectivity index (χ0n) is 11.9. The molecule has 4 nitrogen and oxygen atoms in total. The highest BCUT2D eigenvalue weighted by Gasteiger charge is 2.11. The first-order valence-electron chi connectivity index (χ1n) is 7.02. The Bertz CT molecular complexity index is 627. The molecular weight excluding hydrogens is 356 g/mol. The molecule has 0 N–H and O–H groups in total. The summed E-state index contributed by atoms with van der Waals surface area (Å²) in [5.74, 6) is 1.34. The molecule has 2 aromatic rings. The fraction of sp³-hybridized carbons (Fsp3) is 0.467. The molecule has 1 aromatic carbocycles. The number of nitrogens with zero attached hydrogens (tertiary/aromatic N) is 2. The molecule has 0 aliphatic carbocycles. The minimum absolute atomic E-state index is 0.151. The number of esters is 1. The molecular formula is C15H18BrClN2O2. The number of alkyl halides is 1. The van der Waals surface area contributed by atoms with E-state index in [1.54, 1.807) is 0 Å². The van der Waals surface area contributed by atoms with E-state index >= 15 is 0 Å². The number of aromatic nitrogens is 2. The lowest BCUT2D eigenvalue weighted by Crippen LogP contribution is -2.09. The molecule has 0 bridgehead atoms. The van der Waals surface area contributed by atoms with Crippen LogP contribution >= 0.6 is 27.5 Å². The first-order valence-corrected chi connectivity index (χ1v) is 8.34. The molecule has 2 rings (SSSR count). The zero-order valence-corrected chi connectivity index (χ0v) is 14.3. The summed E-state index contributed by atoms with van der Waals surface area (Å²) in [6.07, 6.45) is 1.86. The fourth-order valence-corrected chi connectivity index (χ4v) is 2.80. The van der Waals surface area contributed by atoms with Crippen LogP contribution in [0, 0.1) is 0 Å². The molecule has 0 saturated carbocycles. The number of benzene rings is 1. The van der Waals surface area contributed by atoms with E-state index in [2.05, 4.69) is 25.5 Å². The van der Waals surface area contributed by atoms with E-state index in [1.807, 2.05) is 25.1 Å². The van der Waals surface area contributed by atoms with Crippen LogP contribution < -0.4 is 0 Å². The van der Waals surface area contributed by atoms with Crippen LogP contribution in [0.15, 0.2) is 22.7 Å². The maximum atomic E-state index is 11.4. The van der Waals surface area contributed by atoms with Crippen molar-refractivity contribution in [2.75, 3.05) is 12.5 Å². The number of fused-ring (bicyclic) bond motifs is 1. The number of hydrogen-bond acceptors (Lipinski definition) is 3. The first-order chi connectivity index (χ1) is 10.2. The van der Waals surface area contributed by atoms with Crippen LogP contribution in [0.5, 0.6) is 0 Å². The average molecular weight is 374 g/mol. The van der Waals surface area contributed by atoms with Crippen molar-refractivity contribution < 1.29 is 9.53 Å². The summed E-state index contributed by atoms with van der Waals surface area (Å²) in [6, 6.07) is 6.01. The van der Waals surface area contributed by atoms with Crippen molar-refractivity contribution >= 4 is 44.5 Å². The zero-order chi connectivity index (χ0) is 15.2. The van der Waals surface area contributed by atoms with Crippen LogP contribution in [0.3, 0.4) is 0 Å². The van der Waals surface area contributed by atoms with Crippen molar-refractivity contribution in [3.8, 4) is 0 Å². The molecule has 0 atom stereocenters. The SMILES string of the molecule is CCOC(=O)CCCn1c(CCCl)nc2ccc(Br)cc21. The minimum Gasteiger partial charge on any atom is -0.466 e. The summed E-state index contributed by atoms with van der Waals surface area (Å²) in [5, 5.41) is 0. The van der Waals surface area contributed by atoms with Crippen molar-refractivity contribution in [2.24, 2.45) is 0 Å². The van der Waals surface area contributed by atoms with E-state index in [0.29, 0.717) is 25.3 Å². The van der Waals surface area contributed by atoms with Crippen LogP contribution in [0.25, 0.3) is 11.0 Å². The number of halogens is 2. The van der Waals surface area contributed by atoms with Gasteiger partial charge in [0.15, 0.2) is 0 Å². The van der Waals surface area contributed by atoms with E-state index in [-0.39, 0.29) is 5.97 Å². The number of imidazole rings is 1. The molecule has 0 aliphatic rings. The number of carbonyl (C=O) groups excluding carboxylic acids is 1. The third-order valence-corrected chi connectivity index (χ3v) is 3.86. The molecule has 0 unspecified atom stereocenters. The van der Waals surface area contributed by atoms with Gasteiger partial charge in [0.05, 0.1) is 17.6 Å². The Morgan fingerprint density at radius 3 is 3.00 bits per heavy atom. The van der Waals surface area contributed by atoms with Crippen molar-refractivity contribution in [2.45, 2.75) is 32.7 Å². The van der Waals surface area contributed by atoms with Crippen molar-refractivity contribution in [3.63, 3.8) is 0 Å². The lowest BCUT2D eigenvalue weighted by atomic mass is 10.3. The summed E-state index contributed by atoms with van der Waals surface area (Å²) in [6.45, 7) is 2.98. The minimum atomic E-state index is -0.151. The summed E-state index contributed by atoms with van der Waals surface area (Å²) >= 11 is 9.34. The topological polar surface area (TPSA) is 44.1 Å². The predicted octanol–water partition coefficient (Wildman–Crippen LogP) is 3.92. The third kappa shape index (κ3) is 4.20. The number of rotatable bonds is 7. The highest BCUT2D eigenvalue weighted by Crippen LogP contribution is 2.22. The maximum absolute atomic E-state index is 11.4. The van der Waals surface area contributed by atoms with Crippen molar-refractivity contribution in [1.29, 1.82) is 0 Å². The van der Waals surface area contributed by atoms with Crippen LogP contribution in [-0.4, -0.2) is 28.0 Å². The molecule has 0 spiro atoms. The van der Waals surface area contributed by atoms with E-state index < -0.39 is 0 Å². The van der Waals surface area contributed by atoms with Gasteiger partial charge in [-0.2, -0.15) is 0 Å². The number of carbonyl (C=O) groups is 1. The highest BCUT2D eigenvalue weighted by atomic mass is 79.9. The van der Waals surface area contributed by atoms with Gasteiger partial charge in [0.25, 0.3) is 0 Å². The highest BCUT2D eigenvalue weighted by molar-refractivity contribution is 9.10. The number of ether oxygens (including phenoxy) is 1. The quantitative estimate of drug-likeness (QED) is 0.546. The molecule has 114 valence electrons. The normalized spacial score (nSPS) is 11.0. The average Bonchev–Trinajstić information content (AvgIpc) is 2.77. The summed E-state index contributed by atoms with van der Waals surface area (Å²) in [7, 11) is 0. The Hall–Kier alpha value is -1.07. The fourth-order valence-electron chi connectivity index (χ4n) is 2.29. The van der Waals surface area contributed by atoms with Gasteiger partial charge in [0.2, 0.25) is 0 Å². The van der Waals surface area contributed by atoms with Crippen LogP contribution in [0.4, 0.5) is 0 Å². The van der Waals surface area contributed by atoms with Crippen molar-refractivity contribution in [1.82, 2.24) is 9.55 Å². The van der Waals surface area contributed by atoms with Gasteiger partial charge < -0.3 is 9.30 Å². The Balaban J connectivity index is 2.17. The number of aryl methyl sites for hydroxylation is 2. The molecule has 0 radical (unpaired) electrons. The van der Waals surface area contributed by atoms with E-state index in [9.17, 15) is 4.79 Å². The smallest absolute Gasteiger partial charge is 0.305 e. The van der Waals surface area contributed by atoms with Crippen LogP contribution in [0.2, 0.25) is 0 Å². The molecule has 1 aromatic heterocycles. The predicted molar refractivity (Wildman–Crippen MR) is 87.7 cm³/mol. The summed E-state index contributed by atoms with van der Waals surface area (Å²) in [4.78, 5) is 16.0. The standard InChI is InChI=1S/C15H18BrClN2O2/c1-2-21-15(20)4-3-9-19-13-10-11(16)5-6-12(13)18-14(19)7-8-17/h5-6,10H,2-4,7-9H2,1H3. The van der Waals surface area contributed by atoms with Gasteiger partial charge in [-0.1, -0.05) is 15.9 Å². The van der Waals surface area contributed by atoms with E-state index in [4.69, 9.17) is 16.3 Å². The molecule has 0 aliphatic heterocycles.